The van der Waals surface area contributed by atoms with Crippen molar-refractivity contribution in [3.8, 4) is 11.4 Å². The van der Waals surface area contributed by atoms with Crippen molar-refractivity contribution in [2.45, 2.75) is 18.9 Å². The normalized spacial score (nSPS) is 17.6. The fraction of sp³-hybridized carbons (Fsp3) is 0.227. The monoisotopic (exact) mass is 356 g/mol. The second-order valence-corrected chi connectivity index (χ2v) is 7.04. The smallest absolute Gasteiger partial charge is 0.231 e. The van der Waals surface area contributed by atoms with Gasteiger partial charge in [0, 0.05) is 24.0 Å². The first-order chi connectivity index (χ1) is 13.3. The molecule has 0 unspecified atom stereocenters. The lowest BCUT2D eigenvalue weighted by atomic mass is 10.1. The number of rotatable bonds is 4. The Labute approximate surface area is 157 Å². The summed E-state index contributed by atoms with van der Waals surface area (Å²) in [7, 11) is 0. The maximum absolute atomic E-state index is 5.56. The fourth-order valence-electron chi connectivity index (χ4n) is 3.71. The molecule has 1 saturated heterocycles. The van der Waals surface area contributed by atoms with Gasteiger partial charge in [0.1, 0.15) is 0 Å². The summed E-state index contributed by atoms with van der Waals surface area (Å²) in [5, 5.41) is 5.34. The molecule has 0 N–H and O–H groups in total. The maximum atomic E-state index is 5.56. The number of fused-ring (bicyclic) bond motifs is 1. The van der Waals surface area contributed by atoms with E-state index < -0.39 is 0 Å². The summed E-state index contributed by atoms with van der Waals surface area (Å²) in [6.45, 7) is 2.79. The SMILES string of the molecule is c1ccc(-c2noc([C@@H]3CCN(Cc4ccc5ccccc5n4)C3)n2)cc1. The van der Waals surface area contributed by atoms with Crippen LogP contribution in [0.1, 0.15) is 23.9 Å². The zero-order chi connectivity index (χ0) is 18.1. The van der Waals surface area contributed by atoms with Crippen LogP contribution in [0.15, 0.2) is 71.3 Å². The van der Waals surface area contributed by atoms with Gasteiger partial charge in [0.15, 0.2) is 0 Å². The third kappa shape index (κ3) is 3.34. The van der Waals surface area contributed by atoms with Crippen LogP contribution in [0.3, 0.4) is 0 Å². The van der Waals surface area contributed by atoms with Crippen LogP contribution in [0.5, 0.6) is 0 Å². The molecule has 4 aromatic rings. The molecule has 5 heteroatoms. The summed E-state index contributed by atoms with van der Waals surface area (Å²) in [6, 6.07) is 22.5. The Hall–Kier alpha value is -3.05. The highest BCUT2D eigenvalue weighted by Crippen LogP contribution is 2.28. The Morgan fingerprint density at radius 2 is 1.78 bits per heavy atom. The molecule has 3 heterocycles. The van der Waals surface area contributed by atoms with E-state index >= 15 is 0 Å². The molecule has 0 saturated carbocycles. The molecule has 0 radical (unpaired) electrons. The lowest BCUT2D eigenvalue weighted by molar-refractivity contribution is 0.306. The van der Waals surface area contributed by atoms with Crippen molar-refractivity contribution in [1.82, 2.24) is 20.0 Å². The van der Waals surface area contributed by atoms with Crippen LogP contribution in [-0.2, 0) is 6.54 Å². The van der Waals surface area contributed by atoms with Gasteiger partial charge in [-0.25, -0.2) is 0 Å². The van der Waals surface area contributed by atoms with E-state index in [1.807, 2.05) is 42.5 Å². The predicted molar refractivity (Wildman–Crippen MR) is 104 cm³/mol. The van der Waals surface area contributed by atoms with Crippen molar-refractivity contribution < 1.29 is 4.52 Å². The highest BCUT2D eigenvalue weighted by molar-refractivity contribution is 5.78. The number of benzene rings is 2. The molecule has 2 aromatic heterocycles. The van der Waals surface area contributed by atoms with E-state index in [1.165, 1.54) is 5.39 Å². The van der Waals surface area contributed by atoms with Crippen molar-refractivity contribution in [1.29, 1.82) is 0 Å². The van der Waals surface area contributed by atoms with Gasteiger partial charge < -0.3 is 4.52 Å². The minimum atomic E-state index is 0.287. The molecular weight excluding hydrogens is 336 g/mol. The van der Waals surface area contributed by atoms with Gasteiger partial charge in [-0.1, -0.05) is 59.8 Å². The molecule has 134 valence electrons. The highest BCUT2D eigenvalue weighted by atomic mass is 16.5. The molecule has 1 aliphatic heterocycles. The summed E-state index contributed by atoms with van der Waals surface area (Å²) < 4.78 is 5.56. The summed E-state index contributed by atoms with van der Waals surface area (Å²) in [5.41, 5.74) is 3.14. The number of pyridine rings is 1. The molecule has 0 aliphatic carbocycles. The molecular formula is C22H20N4O. The molecule has 27 heavy (non-hydrogen) atoms. The van der Waals surface area contributed by atoms with E-state index in [2.05, 4.69) is 39.3 Å². The summed E-state index contributed by atoms with van der Waals surface area (Å²) >= 11 is 0. The van der Waals surface area contributed by atoms with Crippen LogP contribution >= 0.6 is 0 Å². The van der Waals surface area contributed by atoms with Gasteiger partial charge in [-0.3, -0.25) is 9.88 Å². The molecule has 5 nitrogen and oxygen atoms in total. The largest absolute Gasteiger partial charge is 0.339 e. The summed E-state index contributed by atoms with van der Waals surface area (Å²) in [5.74, 6) is 1.69. The van der Waals surface area contributed by atoms with Gasteiger partial charge in [0.2, 0.25) is 11.7 Å². The molecule has 1 aliphatic rings. The average molecular weight is 356 g/mol. The molecule has 5 rings (SSSR count). The van der Waals surface area contributed by atoms with E-state index in [0.717, 1.165) is 48.7 Å². The Morgan fingerprint density at radius 3 is 2.70 bits per heavy atom. The standard InChI is InChI=1S/C22H20N4O/c1-2-7-17(8-3-1)21-24-22(27-25-21)18-12-13-26(14-18)15-19-11-10-16-6-4-5-9-20(16)23-19/h1-11,18H,12-15H2/t18-/m1/s1. The third-order valence-corrected chi connectivity index (χ3v) is 5.14. The van der Waals surface area contributed by atoms with Crippen LogP contribution in [0, 0.1) is 0 Å². The van der Waals surface area contributed by atoms with Crippen LogP contribution in [0.4, 0.5) is 0 Å². The third-order valence-electron chi connectivity index (χ3n) is 5.14. The van der Waals surface area contributed by atoms with E-state index in [1.54, 1.807) is 0 Å². The molecule has 0 bridgehead atoms. The first kappa shape index (κ1) is 16.1. The van der Waals surface area contributed by atoms with Gasteiger partial charge in [-0.05, 0) is 25.1 Å². The number of nitrogens with zero attached hydrogens (tertiary/aromatic N) is 4. The average Bonchev–Trinajstić information content (AvgIpc) is 3.38. The van der Waals surface area contributed by atoms with Gasteiger partial charge in [-0.15, -0.1) is 0 Å². The van der Waals surface area contributed by atoms with Crippen molar-refractivity contribution >= 4 is 10.9 Å². The van der Waals surface area contributed by atoms with E-state index in [0.29, 0.717) is 5.82 Å². The van der Waals surface area contributed by atoms with Crippen molar-refractivity contribution in [3.63, 3.8) is 0 Å². The van der Waals surface area contributed by atoms with Crippen molar-refractivity contribution in [2.24, 2.45) is 0 Å². The lowest BCUT2D eigenvalue weighted by Gasteiger charge is -2.14. The van der Waals surface area contributed by atoms with Gasteiger partial charge in [0.25, 0.3) is 0 Å². The molecule has 1 fully saturated rings. The van der Waals surface area contributed by atoms with Gasteiger partial charge in [0.05, 0.1) is 17.1 Å². The Balaban J connectivity index is 1.28. The Morgan fingerprint density at radius 1 is 0.926 bits per heavy atom. The van der Waals surface area contributed by atoms with Crippen LogP contribution in [-0.4, -0.2) is 33.1 Å². The number of hydrogen-bond donors (Lipinski definition) is 0. The van der Waals surface area contributed by atoms with Crippen LogP contribution < -0.4 is 0 Å². The van der Waals surface area contributed by atoms with E-state index in [4.69, 9.17) is 9.51 Å². The van der Waals surface area contributed by atoms with Gasteiger partial charge >= 0.3 is 0 Å². The topological polar surface area (TPSA) is 55.1 Å². The quantitative estimate of drug-likeness (QED) is 0.546. The fourth-order valence-corrected chi connectivity index (χ4v) is 3.71. The molecule has 1 atom stereocenters. The van der Waals surface area contributed by atoms with E-state index in [9.17, 15) is 0 Å². The highest BCUT2D eigenvalue weighted by Gasteiger charge is 2.28. The Bertz CT molecular complexity index is 1060. The maximum Gasteiger partial charge on any atom is 0.231 e. The summed E-state index contributed by atoms with van der Waals surface area (Å²) in [6.07, 6.45) is 1.03. The lowest BCUT2D eigenvalue weighted by Crippen LogP contribution is -2.20. The predicted octanol–water partition coefficient (Wildman–Crippen LogP) is 4.27. The van der Waals surface area contributed by atoms with Crippen molar-refractivity contribution in [2.75, 3.05) is 13.1 Å². The Kier molecular flexibility index (Phi) is 4.14. The van der Waals surface area contributed by atoms with E-state index in [-0.39, 0.29) is 5.92 Å². The second-order valence-electron chi connectivity index (χ2n) is 7.04. The van der Waals surface area contributed by atoms with Crippen LogP contribution in [0.2, 0.25) is 0 Å². The van der Waals surface area contributed by atoms with Crippen LogP contribution in [0.25, 0.3) is 22.3 Å². The van der Waals surface area contributed by atoms with Gasteiger partial charge in [-0.2, -0.15) is 4.98 Å². The first-order valence-electron chi connectivity index (χ1n) is 9.31. The molecule has 0 amide bonds. The van der Waals surface area contributed by atoms with Crippen molar-refractivity contribution in [3.05, 3.63) is 78.3 Å². The first-order valence-corrected chi connectivity index (χ1v) is 9.31. The minimum absolute atomic E-state index is 0.287. The zero-order valence-electron chi connectivity index (χ0n) is 15.0. The minimum Gasteiger partial charge on any atom is -0.339 e. The number of aromatic nitrogens is 3. The summed E-state index contributed by atoms with van der Waals surface area (Å²) in [4.78, 5) is 11.8. The zero-order valence-corrected chi connectivity index (χ0v) is 15.0. The molecule has 0 spiro atoms. The molecule has 2 aromatic carbocycles. The number of hydrogen-bond acceptors (Lipinski definition) is 5. The number of likely N-dealkylation sites (tertiary alicyclic amines) is 1. The number of para-hydroxylation sites is 1. The second kappa shape index (κ2) is 6.93.